The number of β-amino-alcohol motifs (C(OH)–C–C–N with tert-alkyl or cyclic N) is 1. The highest BCUT2D eigenvalue weighted by Crippen LogP contribution is 2.26. The van der Waals surface area contributed by atoms with Gasteiger partial charge >= 0.3 is 0 Å². The number of nitrogens with zero attached hydrogens (tertiary/aromatic N) is 1. The van der Waals surface area contributed by atoms with Gasteiger partial charge in [0.1, 0.15) is 5.70 Å². The van der Waals surface area contributed by atoms with Crippen LogP contribution < -0.4 is 10.6 Å². The number of hydrogen-bond donors (Lipinski definition) is 3. The first-order valence-electron chi connectivity index (χ1n) is 7.38. The monoisotopic (exact) mass is 329 g/mol. The molecule has 0 saturated carbocycles. The van der Waals surface area contributed by atoms with Crippen LogP contribution in [-0.2, 0) is 19.2 Å². The van der Waals surface area contributed by atoms with Gasteiger partial charge in [0, 0.05) is 18.2 Å². The van der Waals surface area contributed by atoms with E-state index in [0.29, 0.717) is 11.3 Å². The number of anilines is 1. The number of imide groups is 2. The first kappa shape index (κ1) is 15.9. The van der Waals surface area contributed by atoms with E-state index in [0.717, 1.165) is 4.90 Å². The molecule has 1 atom stereocenters. The van der Waals surface area contributed by atoms with Gasteiger partial charge in [-0.25, -0.2) is 0 Å². The summed E-state index contributed by atoms with van der Waals surface area (Å²) in [6.07, 6.45) is 1.30. The Kier molecular flexibility index (Phi) is 4.13. The second-order valence-corrected chi connectivity index (χ2v) is 5.49. The number of aliphatic hydroxyl groups is 1. The lowest BCUT2D eigenvalue weighted by atomic mass is 9.97. The zero-order chi connectivity index (χ0) is 17.3. The van der Waals surface area contributed by atoms with E-state index in [1.54, 1.807) is 24.3 Å². The molecule has 8 nitrogen and oxygen atoms in total. The summed E-state index contributed by atoms with van der Waals surface area (Å²) in [4.78, 5) is 47.6. The molecule has 8 heteroatoms. The maximum atomic E-state index is 12.0. The Morgan fingerprint density at radius 2 is 1.88 bits per heavy atom. The fraction of sp³-hybridized carbons (Fsp3) is 0.250. The zero-order valence-electron chi connectivity index (χ0n) is 12.6. The Labute approximate surface area is 137 Å². The van der Waals surface area contributed by atoms with Crippen molar-refractivity contribution < 1.29 is 24.3 Å². The molecule has 0 spiro atoms. The molecule has 3 rings (SSSR count). The summed E-state index contributed by atoms with van der Waals surface area (Å²) < 4.78 is 0. The molecule has 1 aromatic rings. The van der Waals surface area contributed by atoms with Crippen LogP contribution in [0.15, 0.2) is 36.0 Å². The van der Waals surface area contributed by atoms with Gasteiger partial charge in [-0.3, -0.25) is 29.4 Å². The van der Waals surface area contributed by atoms with Crippen LogP contribution in [0.3, 0.4) is 0 Å². The summed E-state index contributed by atoms with van der Waals surface area (Å²) >= 11 is 0. The highest BCUT2D eigenvalue weighted by molar-refractivity contribution is 6.17. The number of hydrogen-bond acceptors (Lipinski definition) is 6. The summed E-state index contributed by atoms with van der Waals surface area (Å²) in [5.41, 5.74) is 1.39. The molecule has 0 bridgehead atoms. The number of nitrogens with one attached hydrogen (secondary N) is 2. The van der Waals surface area contributed by atoms with Crippen molar-refractivity contribution in [2.24, 2.45) is 0 Å². The third kappa shape index (κ3) is 2.91. The maximum Gasteiger partial charge on any atom is 0.277 e. The average molecular weight is 329 g/mol. The van der Waals surface area contributed by atoms with Crippen LogP contribution in [0.25, 0.3) is 0 Å². The Balaban J connectivity index is 1.70. The molecule has 0 aliphatic carbocycles. The van der Waals surface area contributed by atoms with E-state index in [1.807, 2.05) is 0 Å². The van der Waals surface area contributed by atoms with Gasteiger partial charge in [-0.1, -0.05) is 12.1 Å². The van der Waals surface area contributed by atoms with Crippen LogP contribution in [0.5, 0.6) is 0 Å². The lowest BCUT2D eigenvalue weighted by Gasteiger charge is -2.13. The van der Waals surface area contributed by atoms with Crippen molar-refractivity contribution in [2.75, 3.05) is 18.5 Å². The molecule has 1 saturated heterocycles. The number of aliphatic hydroxyl groups excluding tert-OH is 1. The predicted molar refractivity (Wildman–Crippen MR) is 82.5 cm³/mol. The Hall–Kier alpha value is -3.00. The second kappa shape index (κ2) is 6.25. The van der Waals surface area contributed by atoms with E-state index in [4.69, 9.17) is 5.11 Å². The van der Waals surface area contributed by atoms with Gasteiger partial charge in [-0.05, 0) is 17.7 Å². The molecule has 4 amide bonds. The van der Waals surface area contributed by atoms with Crippen LogP contribution in [-0.4, -0.2) is 46.8 Å². The minimum Gasteiger partial charge on any atom is -0.395 e. The fourth-order valence-electron chi connectivity index (χ4n) is 2.69. The molecular weight excluding hydrogens is 314 g/mol. The molecule has 124 valence electrons. The van der Waals surface area contributed by atoms with Gasteiger partial charge in [0.25, 0.3) is 11.8 Å². The third-order valence-corrected chi connectivity index (χ3v) is 3.89. The average Bonchev–Trinajstić information content (AvgIpc) is 3.02. The van der Waals surface area contributed by atoms with E-state index in [1.165, 1.54) is 6.08 Å². The van der Waals surface area contributed by atoms with Crippen LogP contribution in [0, 0.1) is 0 Å². The van der Waals surface area contributed by atoms with E-state index >= 15 is 0 Å². The quantitative estimate of drug-likeness (QED) is 0.626. The molecule has 0 radical (unpaired) electrons. The molecule has 1 fully saturated rings. The minimum atomic E-state index is -0.501. The Morgan fingerprint density at radius 3 is 2.46 bits per heavy atom. The van der Waals surface area contributed by atoms with Gasteiger partial charge in [0.05, 0.1) is 19.1 Å². The lowest BCUT2D eigenvalue weighted by molar-refractivity contribution is -0.137. The second-order valence-electron chi connectivity index (χ2n) is 5.49. The molecule has 1 aromatic carbocycles. The van der Waals surface area contributed by atoms with Gasteiger partial charge in [0.2, 0.25) is 11.8 Å². The molecule has 24 heavy (non-hydrogen) atoms. The summed E-state index contributed by atoms with van der Waals surface area (Å²) in [5.74, 6) is -2.09. The molecule has 2 aliphatic heterocycles. The molecule has 2 aliphatic rings. The summed E-state index contributed by atoms with van der Waals surface area (Å²) in [6.45, 7) is -0.349. The van der Waals surface area contributed by atoms with Crippen LogP contribution in [0.4, 0.5) is 5.69 Å². The van der Waals surface area contributed by atoms with E-state index < -0.39 is 17.7 Å². The third-order valence-electron chi connectivity index (χ3n) is 3.89. The zero-order valence-corrected chi connectivity index (χ0v) is 12.6. The van der Waals surface area contributed by atoms with Crippen molar-refractivity contribution in [3.63, 3.8) is 0 Å². The van der Waals surface area contributed by atoms with Gasteiger partial charge in [0.15, 0.2) is 0 Å². The largest absolute Gasteiger partial charge is 0.395 e. The molecular formula is C16H15N3O5. The summed E-state index contributed by atoms with van der Waals surface area (Å²) in [6, 6.07) is 6.72. The van der Waals surface area contributed by atoms with Crippen molar-refractivity contribution in [1.82, 2.24) is 10.2 Å². The highest BCUT2D eigenvalue weighted by Gasteiger charge is 2.32. The smallest absolute Gasteiger partial charge is 0.277 e. The standard InChI is InChI=1S/C16H15N3O5/c20-6-5-19-14(22)8-12(16(19)24)17-10-3-1-9(2-4-10)11-7-13(21)18-15(11)23/h1-4,8,11,17,20H,5-7H2,(H,18,21,23). The van der Waals surface area contributed by atoms with E-state index in [-0.39, 0.29) is 37.1 Å². The Bertz CT molecular complexity index is 753. The van der Waals surface area contributed by atoms with Crippen molar-refractivity contribution in [3.8, 4) is 0 Å². The molecule has 3 N–H and O–H groups in total. The van der Waals surface area contributed by atoms with E-state index in [2.05, 4.69) is 10.6 Å². The van der Waals surface area contributed by atoms with E-state index in [9.17, 15) is 19.2 Å². The van der Waals surface area contributed by atoms with Crippen LogP contribution >= 0.6 is 0 Å². The van der Waals surface area contributed by atoms with Crippen molar-refractivity contribution in [2.45, 2.75) is 12.3 Å². The van der Waals surface area contributed by atoms with Gasteiger partial charge in [-0.15, -0.1) is 0 Å². The fourth-order valence-corrected chi connectivity index (χ4v) is 2.69. The highest BCUT2D eigenvalue weighted by atomic mass is 16.3. The van der Waals surface area contributed by atoms with Gasteiger partial charge < -0.3 is 10.4 Å². The predicted octanol–water partition coefficient (Wildman–Crippen LogP) is -0.526. The SMILES string of the molecule is O=C1CC(c2ccc(NC3=CC(=O)N(CCO)C3=O)cc2)C(=O)N1. The first-order valence-corrected chi connectivity index (χ1v) is 7.38. The molecule has 2 heterocycles. The van der Waals surface area contributed by atoms with Crippen molar-refractivity contribution in [3.05, 3.63) is 41.6 Å². The topological polar surface area (TPSA) is 116 Å². The molecule has 1 unspecified atom stereocenters. The lowest BCUT2D eigenvalue weighted by Crippen LogP contribution is -2.34. The summed E-state index contributed by atoms with van der Waals surface area (Å²) in [5, 5.41) is 14.0. The molecule has 0 aromatic heterocycles. The van der Waals surface area contributed by atoms with Crippen molar-refractivity contribution >= 4 is 29.3 Å². The minimum absolute atomic E-state index is 0.0525. The number of carbonyl (C=O) groups is 4. The first-order chi connectivity index (χ1) is 11.5. The number of carbonyl (C=O) groups excluding carboxylic acids is 4. The van der Waals surface area contributed by atoms with Crippen LogP contribution in [0.2, 0.25) is 0 Å². The maximum absolute atomic E-state index is 12.0. The number of amides is 4. The van der Waals surface area contributed by atoms with Crippen LogP contribution in [0.1, 0.15) is 17.9 Å². The number of benzene rings is 1. The van der Waals surface area contributed by atoms with Crippen molar-refractivity contribution in [1.29, 1.82) is 0 Å². The summed E-state index contributed by atoms with van der Waals surface area (Å²) in [7, 11) is 0. The Morgan fingerprint density at radius 1 is 1.17 bits per heavy atom. The normalized spacial score (nSPS) is 20.5. The number of rotatable bonds is 5. The van der Waals surface area contributed by atoms with Gasteiger partial charge in [-0.2, -0.15) is 0 Å².